The van der Waals surface area contributed by atoms with Crippen molar-refractivity contribution in [2.24, 2.45) is 7.05 Å². The van der Waals surface area contributed by atoms with E-state index in [0.717, 1.165) is 21.4 Å². The van der Waals surface area contributed by atoms with Gasteiger partial charge >= 0.3 is 5.97 Å². The Kier molecular flexibility index (Phi) is 5.50. The quantitative estimate of drug-likeness (QED) is 0.456. The number of nitrogens with zero attached hydrogens (tertiary/aromatic N) is 2. The Bertz CT molecular complexity index is 761. The zero-order chi connectivity index (χ0) is 17.0. The average molecular weight is 377 g/mol. The fourth-order valence-corrected chi connectivity index (χ4v) is 2.35. The number of ketones is 1. The van der Waals surface area contributed by atoms with E-state index in [1.54, 1.807) is 35.0 Å². The number of carbonyl (C=O) groups is 2. The summed E-state index contributed by atoms with van der Waals surface area (Å²) in [4.78, 5) is 23.7. The molecule has 2 rings (SSSR count). The van der Waals surface area contributed by atoms with E-state index in [1.165, 1.54) is 6.08 Å². The Morgan fingerprint density at radius 3 is 2.48 bits per heavy atom. The molecule has 0 spiro atoms. The van der Waals surface area contributed by atoms with Gasteiger partial charge in [0.05, 0.1) is 5.69 Å². The molecule has 23 heavy (non-hydrogen) atoms. The normalized spacial score (nSPS) is 11.0. The summed E-state index contributed by atoms with van der Waals surface area (Å²) < 4.78 is 7.62. The van der Waals surface area contributed by atoms with Gasteiger partial charge in [-0.15, -0.1) is 0 Å². The second kappa shape index (κ2) is 7.37. The van der Waals surface area contributed by atoms with Crippen LogP contribution in [0.4, 0.5) is 0 Å². The van der Waals surface area contributed by atoms with E-state index in [1.807, 2.05) is 20.9 Å². The maximum Gasteiger partial charge on any atom is 0.331 e. The molecule has 6 heteroatoms. The summed E-state index contributed by atoms with van der Waals surface area (Å²) >= 11 is 3.30. The Balaban J connectivity index is 1.93. The van der Waals surface area contributed by atoms with Crippen LogP contribution in [0.5, 0.6) is 0 Å². The smallest absolute Gasteiger partial charge is 0.331 e. The fourth-order valence-electron chi connectivity index (χ4n) is 2.09. The number of Topliss-reactive ketones (excluding diaryl/α,β-unsaturated/α-hetero) is 1. The second-order valence-corrected chi connectivity index (χ2v) is 5.99. The molecule has 120 valence electrons. The zero-order valence-corrected chi connectivity index (χ0v) is 14.8. The van der Waals surface area contributed by atoms with Crippen molar-refractivity contribution in [3.8, 4) is 0 Å². The summed E-state index contributed by atoms with van der Waals surface area (Å²) in [5.74, 6) is -0.800. The summed E-state index contributed by atoms with van der Waals surface area (Å²) in [6, 6.07) is 6.89. The molecule has 5 nitrogen and oxygen atoms in total. The Labute approximate surface area is 143 Å². The number of carbonyl (C=O) groups excluding carboxylic acids is 2. The molecular formula is C17H17BrN2O3. The largest absolute Gasteiger partial charge is 0.454 e. The summed E-state index contributed by atoms with van der Waals surface area (Å²) in [5.41, 5.74) is 3.17. The first-order valence-electron chi connectivity index (χ1n) is 7.02. The first-order chi connectivity index (χ1) is 10.9. The molecule has 0 unspecified atom stereocenters. The highest BCUT2D eigenvalue weighted by molar-refractivity contribution is 9.10. The van der Waals surface area contributed by atoms with E-state index in [-0.39, 0.29) is 12.4 Å². The highest BCUT2D eigenvalue weighted by atomic mass is 79.9. The van der Waals surface area contributed by atoms with E-state index >= 15 is 0 Å². The number of benzene rings is 1. The van der Waals surface area contributed by atoms with E-state index in [4.69, 9.17) is 4.74 Å². The predicted octanol–water partition coefficient (Wildman–Crippen LogP) is 3.24. The SMILES string of the molecule is Cc1nn(C)c(C)c1/C=C/C(=O)OCC(=O)c1ccc(Br)cc1. The fraction of sp³-hybridized carbons (Fsp3) is 0.235. The molecule has 0 saturated heterocycles. The number of hydrogen-bond donors (Lipinski definition) is 0. The van der Waals surface area contributed by atoms with Gasteiger partial charge in [0.15, 0.2) is 12.4 Å². The molecule has 1 aromatic heterocycles. The van der Waals surface area contributed by atoms with Gasteiger partial charge in [-0.2, -0.15) is 5.10 Å². The molecule has 0 aliphatic heterocycles. The number of esters is 1. The molecule has 0 amide bonds. The van der Waals surface area contributed by atoms with Crippen LogP contribution in [0.25, 0.3) is 6.08 Å². The minimum Gasteiger partial charge on any atom is -0.454 e. The van der Waals surface area contributed by atoms with Gasteiger partial charge in [-0.1, -0.05) is 28.1 Å². The first-order valence-corrected chi connectivity index (χ1v) is 7.81. The summed E-state index contributed by atoms with van der Waals surface area (Å²) in [6.07, 6.45) is 2.97. The molecule has 0 N–H and O–H groups in total. The molecule has 0 radical (unpaired) electrons. The molecule has 1 heterocycles. The van der Waals surface area contributed by atoms with Gasteiger partial charge in [-0.05, 0) is 32.1 Å². The summed E-state index contributed by atoms with van der Waals surface area (Å²) in [6.45, 7) is 3.51. The van der Waals surface area contributed by atoms with Crippen LogP contribution in [0, 0.1) is 13.8 Å². The molecule has 0 bridgehead atoms. The van der Waals surface area contributed by atoms with Gasteiger partial charge < -0.3 is 4.74 Å². The minimum absolute atomic E-state index is 0.243. The Morgan fingerprint density at radius 2 is 1.91 bits per heavy atom. The predicted molar refractivity (Wildman–Crippen MR) is 91.1 cm³/mol. The van der Waals surface area contributed by atoms with Crippen LogP contribution in [0.2, 0.25) is 0 Å². The first kappa shape index (κ1) is 17.1. The number of halogens is 1. The third-order valence-electron chi connectivity index (χ3n) is 3.46. The number of ether oxygens (including phenoxy) is 1. The van der Waals surface area contributed by atoms with Crippen LogP contribution in [0.3, 0.4) is 0 Å². The van der Waals surface area contributed by atoms with Gasteiger partial charge in [0.1, 0.15) is 0 Å². The van der Waals surface area contributed by atoms with Crippen LogP contribution in [0.15, 0.2) is 34.8 Å². The Morgan fingerprint density at radius 1 is 1.26 bits per heavy atom. The van der Waals surface area contributed by atoms with Crippen molar-refractivity contribution in [1.82, 2.24) is 9.78 Å². The van der Waals surface area contributed by atoms with Crippen molar-refractivity contribution >= 4 is 33.8 Å². The molecule has 0 fully saturated rings. The highest BCUT2D eigenvalue weighted by Gasteiger charge is 2.10. The lowest BCUT2D eigenvalue weighted by Gasteiger charge is -2.02. The van der Waals surface area contributed by atoms with Crippen LogP contribution in [-0.2, 0) is 16.6 Å². The van der Waals surface area contributed by atoms with E-state index in [9.17, 15) is 9.59 Å². The van der Waals surface area contributed by atoms with Crippen LogP contribution >= 0.6 is 15.9 Å². The van der Waals surface area contributed by atoms with Gasteiger partial charge in [-0.3, -0.25) is 9.48 Å². The number of aryl methyl sites for hydroxylation is 2. The van der Waals surface area contributed by atoms with E-state index in [2.05, 4.69) is 21.0 Å². The van der Waals surface area contributed by atoms with Crippen LogP contribution in [0.1, 0.15) is 27.3 Å². The van der Waals surface area contributed by atoms with Crippen LogP contribution in [-0.4, -0.2) is 28.1 Å². The van der Waals surface area contributed by atoms with Crippen molar-refractivity contribution < 1.29 is 14.3 Å². The minimum atomic E-state index is -0.557. The van der Waals surface area contributed by atoms with Gasteiger partial charge in [-0.25, -0.2) is 4.79 Å². The molecule has 0 aliphatic carbocycles. The van der Waals surface area contributed by atoms with Crippen molar-refractivity contribution in [3.63, 3.8) is 0 Å². The van der Waals surface area contributed by atoms with E-state index < -0.39 is 5.97 Å². The van der Waals surface area contributed by atoms with Gasteiger partial charge in [0.25, 0.3) is 0 Å². The number of aromatic nitrogens is 2. The number of hydrogen-bond acceptors (Lipinski definition) is 4. The molecule has 0 saturated carbocycles. The average Bonchev–Trinajstić information content (AvgIpc) is 2.76. The van der Waals surface area contributed by atoms with Gasteiger partial charge in [0.2, 0.25) is 0 Å². The molecule has 0 atom stereocenters. The lowest BCUT2D eigenvalue weighted by molar-refractivity contribution is -0.136. The third kappa shape index (κ3) is 4.39. The lowest BCUT2D eigenvalue weighted by atomic mass is 10.1. The highest BCUT2D eigenvalue weighted by Crippen LogP contribution is 2.14. The van der Waals surface area contributed by atoms with Crippen molar-refractivity contribution in [2.45, 2.75) is 13.8 Å². The number of rotatable bonds is 5. The zero-order valence-electron chi connectivity index (χ0n) is 13.2. The maximum atomic E-state index is 11.9. The van der Waals surface area contributed by atoms with Crippen molar-refractivity contribution in [3.05, 3.63) is 57.3 Å². The summed E-state index contributed by atoms with van der Waals surface area (Å²) in [7, 11) is 1.84. The van der Waals surface area contributed by atoms with E-state index in [0.29, 0.717) is 5.56 Å². The maximum absolute atomic E-state index is 11.9. The standard InChI is InChI=1S/C17H17BrN2O3/c1-11-15(12(2)20(3)19-11)8-9-17(22)23-10-16(21)13-4-6-14(18)7-5-13/h4-9H,10H2,1-3H3/b9-8+. The third-order valence-corrected chi connectivity index (χ3v) is 3.99. The topological polar surface area (TPSA) is 61.2 Å². The van der Waals surface area contributed by atoms with Crippen LogP contribution < -0.4 is 0 Å². The summed E-state index contributed by atoms with van der Waals surface area (Å²) in [5, 5.41) is 4.26. The molecule has 1 aromatic carbocycles. The molecule has 2 aromatic rings. The van der Waals surface area contributed by atoms with Crippen molar-refractivity contribution in [2.75, 3.05) is 6.61 Å². The molecule has 0 aliphatic rings. The molecular weight excluding hydrogens is 360 g/mol. The van der Waals surface area contributed by atoms with Crippen molar-refractivity contribution in [1.29, 1.82) is 0 Å². The second-order valence-electron chi connectivity index (χ2n) is 5.08. The Hall–Kier alpha value is -2.21. The lowest BCUT2D eigenvalue weighted by Crippen LogP contribution is -2.12. The monoisotopic (exact) mass is 376 g/mol. The van der Waals surface area contributed by atoms with Gasteiger partial charge in [0, 0.05) is 34.4 Å².